The van der Waals surface area contributed by atoms with Crippen LogP contribution in [0, 0.1) is 11.3 Å². The van der Waals surface area contributed by atoms with E-state index < -0.39 is 0 Å². The van der Waals surface area contributed by atoms with Crippen molar-refractivity contribution in [2.24, 2.45) is 0 Å². The van der Waals surface area contributed by atoms with E-state index in [1.54, 1.807) is 7.11 Å². The van der Waals surface area contributed by atoms with E-state index in [2.05, 4.69) is 30.3 Å². The lowest BCUT2D eigenvalue weighted by Gasteiger charge is -2.16. The summed E-state index contributed by atoms with van der Waals surface area (Å²) in [5.41, 5.74) is 0. The molecule has 0 aromatic heterocycles. The molecule has 0 N–H and O–H groups in total. The zero-order valence-electron chi connectivity index (χ0n) is 9.02. The minimum atomic E-state index is -0.215. The van der Waals surface area contributed by atoms with Gasteiger partial charge in [-0.1, -0.05) is 38.3 Å². The van der Waals surface area contributed by atoms with Crippen LogP contribution in [0.5, 0.6) is 0 Å². The second kappa shape index (κ2) is 7.40. The van der Waals surface area contributed by atoms with Crippen molar-refractivity contribution in [1.82, 2.24) is 0 Å². The van der Waals surface area contributed by atoms with Gasteiger partial charge in [-0.05, 0) is 17.6 Å². The zero-order valence-corrected chi connectivity index (χ0v) is 9.91. The van der Waals surface area contributed by atoms with Gasteiger partial charge in [-0.2, -0.15) is 5.26 Å². The third-order valence-electron chi connectivity index (χ3n) is 2.18. The van der Waals surface area contributed by atoms with Crippen LogP contribution in [0.15, 0.2) is 30.3 Å². The molecule has 0 amide bonds. The lowest BCUT2D eigenvalue weighted by Crippen LogP contribution is -2.08. The number of hydrogen-bond acceptors (Lipinski definition) is 2. The molecule has 1 aromatic carbocycles. The van der Waals surface area contributed by atoms with Crippen LogP contribution in [0.1, 0.15) is 6.42 Å². The van der Waals surface area contributed by atoms with Crippen molar-refractivity contribution in [3.05, 3.63) is 30.3 Å². The monoisotopic (exact) mass is 221 g/mol. The molecule has 2 nitrogen and oxygen atoms in total. The summed E-state index contributed by atoms with van der Waals surface area (Å²) in [5.74, 6) is 0. The lowest BCUT2D eigenvalue weighted by atomic mass is 10.4. The first-order valence-electron chi connectivity index (χ1n) is 5.04. The first-order chi connectivity index (χ1) is 7.38. The molecular formula is C12H16NOP. The molecule has 80 valence electrons. The van der Waals surface area contributed by atoms with Gasteiger partial charge < -0.3 is 4.74 Å². The Balaban J connectivity index is 2.59. The van der Waals surface area contributed by atoms with Crippen LogP contribution in [0.25, 0.3) is 0 Å². The van der Waals surface area contributed by atoms with Crippen LogP contribution in [0.2, 0.25) is 0 Å². The molecule has 0 aliphatic heterocycles. The predicted molar refractivity (Wildman–Crippen MR) is 64.8 cm³/mol. The van der Waals surface area contributed by atoms with Gasteiger partial charge in [-0.15, -0.1) is 0 Å². The highest BCUT2D eigenvalue weighted by atomic mass is 31.1. The van der Waals surface area contributed by atoms with Crippen molar-refractivity contribution in [1.29, 1.82) is 5.26 Å². The van der Waals surface area contributed by atoms with E-state index in [-0.39, 0.29) is 7.92 Å². The van der Waals surface area contributed by atoms with Crippen molar-refractivity contribution in [3.8, 4) is 6.07 Å². The minimum Gasteiger partial charge on any atom is -0.384 e. The minimum absolute atomic E-state index is 0.215. The standard InChI is InChI=1S/C12H16NOP/c1-14-9-11-15(10-5-8-13)12-6-3-2-4-7-12/h2-4,6-7H,5,9-11H2,1H3. The van der Waals surface area contributed by atoms with Crippen molar-refractivity contribution in [3.63, 3.8) is 0 Å². The molecule has 1 unspecified atom stereocenters. The fourth-order valence-electron chi connectivity index (χ4n) is 1.40. The summed E-state index contributed by atoms with van der Waals surface area (Å²) in [6.07, 6.45) is 2.68. The van der Waals surface area contributed by atoms with Crippen LogP contribution >= 0.6 is 7.92 Å². The van der Waals surface area contributed by atoms with Crippen molar-refractivity contribution < 1.29 is 4.74 Å². The van der Waals surface area contributed by atoms with Crippen molar-refractivity contribution in [2.45, 2.75) is 6.42 Å². The van der Waals surface area contributed by atoms with E-state index in [4.69, 9.17) is 10.00 Å². The van der Waals surface area contributed by atoms with Crippen LogP contribution in [0.3, 0.4) is 0 Å². The van der Waals surface area contributed by atoms with E-state index in [0.29, 0.717) is 6.42 Å². The number of hydrogen-bond donors (Lipinski definition) is 0. The van der Waals surface area contributed by atoms with E-state index in [1.807, 2.05) is 6.07 Å². The van der Waals surface area contributed by atoms with Crippen LogP contribution in [-0.4, -0.2) is 26.0 Å². The Morgan fingerprint density at radius 1 is 1.27 bits per heavy atom. The Hall–Kier alpha value is -0.900. The molecule has 0 spiro atoms. The van der Waals surface area contributed by atoms with Gasteiger partial charge in [0.2, 0.25) is 0 Å². The quantitative estimate of drug-likeness (QED) is 0.691. The largest absolute Gasteiger partial charge is 0.384 e. The van der Waals surface area contributed by atoms with Crippen LogP contribution in [-0.2, 0) is 4.74 Å². The highest BCUT2D eigenvalue weighted by Gasteiger charge is 2.09. The SMILES string of the molecule is COCCP(CCC#N)c1ccccc1. The van der Waals surface area contributed by atoms with Crippen LogP contribution in [0.4, 0.5) is 0 Å². The number of ether oxygens (including phenoxy) is 1. The Labute approximate surface area is 92.6 Å². The Morgan fingerprint density at radius 3 is 2.60 bits per heavy atom. The second-order valence-electron chi connectivity index (χ2n) is 3.22. The summed E-state index contributed by atoms with van der Waals surface area (Å²) in [7, 11) is 1.51. The van der Waals surface area contributed by atoms with Gasteiger partial charge >= 0.3 is 0 Å². The average Bonchev–Trinajstić information content (AvgIpc) is 2.30. The summed E-state index contributed by atoms with van der Waals surface area (Å²) >= 11 is 0. The normalized spacial score (nSPS) is 12.0. The van der Waals surface area contributed by atoms with Crippen molar-refractivity contribution in [2.75, 3.05) is 26.0 Å². The molecule has 15 heavy (non-hydrogen) atoms. The molecule has 0 bridgehead atoms. The van der Waals surface area contributed by atoms with Gasteiger partial charge in [-0.25, -0.2) is 0 Å². The lowest BCUT2D eigenvalue weighted by molar-refractivity contribution is 0.218. The molecule has 3 heteroatoms. The first-order valence-corrected chi connectivity index (χ1v) is 6.75. The molecule has 1 atom stereocenters. The van der Waals surface area contributed by atoms with Gasteiger partial charge in [0.25, 0.3) is 0 Å². The molecule has 0 radical (unpaired) electrons. The van der Waals surface area contributed by atoms with Gasteiger partial charge in [0, 0.05) is 13.5 Å². The van der Waals surface area contributed by atoms with E-state index >= 15 is 0 Å². The third-order valence-corrected chi connectivity index (χ3v) is 4.69. The van der Waals surface area contributed by atoms with Gasteiger partial charge in [0.15, 0.2) is 0 Å². The average molecular weight is 221 g/mol. The van der Waals surface area contributed by atoms with Crippen molar-refractivity contribution >= 4 is 13.2 Å². The maximum Gasteiger partial charge on any atom is 0.0625 e. The Kier molecular flexibility index (Phi) is 6.00. The van der Waals surface area contributed by atoms with E-state index in [1.165, 1.54) is 5.30 Å². The highest BCUT2D eigenvalue weighted by Crippen LogP contribution is 2.34. The third kappa shape index (κ3) is 4.42. The summed E-state index contributed by atoms with van der Waals surface area (Å²) in [6, 6.07) is 12.7. The topological polar surface area (TPSA) is 33.0 Å². The maximum absolute atomic E-state index is 8.62. The van der Waals surface area contributed by atoms with Gasteiger partial charge in [0.05, 0.1) is 12.7 Å². The molecule has 0 aliphatic carbocycles. The summed E-state index contributed by atoms with van der Waals surface area (Å²) in [4.78, 5) is 0. The first kappa shape index (κ1) is 12.2. The predicted octanol–water partition coefficient (Wildman–Crippen LogP) is 2.35. The van der Waals surface area contributed by atoms with E-state index in [0.717, 1.165) is 18.9 Å². The Bertz CT molecular complexity index is 307. The number of nitrogens with zero attached hydrogens (tertiary/aromatic N) is 1. The summed E-state index contributed by atoms with van der Waals surface area (Å²) in [5, 5.41) is 9.99. The van der Waals surface area contributed by atoms with E-state index in [9.17, 15) is 0 Å². The molecule has 1 rings (SSSR count). The maximum atomic E-state index is 8.62. The molecule has 1 aromatic rings. The number of methoxy groups -OCH3 is 1. The molecular weight excluding hydrogens is 205 g/mol. The fourth-order valence-corrected chi connectivity index (χ4v) is 3.50. The zero-order chi connectivity index (χ0) is 10.9. The number of rotatable bonds is 6. The molecule has 0 saturated carbocycles. The Morgan fingerprint density at radius 2 is 2.00 bits per heavy atom. The highest BCUT2D eigenvalue weighted by molar-refractivity contribution is 7.65. The molecule has 0 fully saturated rings. The molecule has 0 aliphatic rings. The van der Waals surface area contributed by atoms with Gasteiger partial charge in [0.1, 0.15) is 0 Å². The van der Waals surface area contributed by atoms with Crippen LogP contribution < -0.4 is 5.30 Å². The molecule has 0 saturated heterocycles. The smallest absolute Gasteiger partial charge is 0.0625 e. The number of benzene rings is 1. The number of nitriles is 1. The summed E-state index contributed by atoms with van der Waals surface area (Å²) in [6.45, 7) is 0.784. The fraction of sp³-hybridized carbons (Fsp3) is 0.417. The summed E-state index contributed by atoms with van der Waals surface area (Å²) < 4.78 is 5.11. The van der Waals surface area contributed by atoms with Gasteiger partial charge in [-0.3, -0.25) is 0 Å². The molecule has 0 heterocycles. The second-order valence-corrected chi connectivity index (χ2v) is 5.71.